The highest BCUT2D eigenvalue weighted by Crippen LogP contribution is 2.34. The summed E-state index contributed by atoms with van der Waals surface area (Å²) in [6, 6.07) is 0. The topological polar surface area (TPSA) is 41.1 Å². The molecular weight excluding hydrogens is 248 g/mol. The van der Waals surface area contributed by atoms with Gasteiger partial charge in [-0.05, 0) is 24.7 Å². The lowest BCUT2D eigenvalue weighted by atomic mass is 9.85. The third kappa shape index (κ3) is 2.86. The molecular formula is C13H21ClN4. The summed E-state index contributed by atoms with van der Waals surface area (Å²) in [5, 5.41) is 3.60. The van der Waals surface area contributed by atoms with Crippen molar-refractivity contribution in [3.8, 4) is 0 Å². The van der Waals surface area contributed by atoms with Crippen LogP contribution in [-0.2, 0) is 0 Å². The van der Waals surface area contributed by atoms with E-state index in [1.165, 1.54) is 25.6 Å². The van der Waals surface area contributed by atoms with Gasteiger partial charge in [-0.3, -0.25) is 0 Å². The summed E-state index contributed by atoms with van der Waals surface area (Å²) in [5.74, 6) is 0.926. The van der Waals surface area contributed by atoms with Gasteiger partial charge in [0.2, 0.25) is 0 Å². The van der Waals surface area contributed by atoms with Gasteiger partial charge in [0.15, 0.2) is 11.0 Å². The molecule has 0 atom stereocenters. The van der Waals surface area contributed by atoms with E-state index in [0.717, 1.165) is 24.6 Å². The summed E-state index contributed by atoms with van der Waals surface area (Å²) in [6.45, 7) is 6.73. The second kappa shape index (κ2) is 5.31. The molecule has 0 aromatic carbocycles. The van der Waals surface area contributed by atoms with Gasteiger partial charge in [-0.2, -0.15) is 0 Å². The number of hydrogen-bond acceptors (Lipinski definition) is 4. The minimum Gasteiger partial charge on any atom is -0.383 e. The van der Waals surface area contributed by atoms with Crippen LogP contribution in [0.25, 0.3) is 0 Å². The lowest BCUT2D eigenvalue weighted by molar-refractivity contribution is 0.325. The zero-order valence-electron chi connectivity index (χ0n) is 11.3. The van der Waals surface area contributed by atoms with Gasteiger partial charge < -0.3 is 10.2 Å². The van der Waals surface area contributed by atoms with E-state index in [9.17, 15) is 0 Å². The molecule has 0 aliphatic carbocycles. The molecule has 1 aliphatic heterocycles. The fraction of sp³-hybridized carbons (Fsp3) is 0.692. The zero-order chi connectivity index (χ0) is 13.2. The van der Waals surface area contributed by atoms with Gasteiger partial charge >= 0.3 is 0 Å². The zero-order valence-corrected chi connectivity index (χ0v) is 12.1. The minimum absolute atomic E-state index is 0.422. The molecule has 0 unspecified atom stereocenters. The molecule has 1 saturated heterocycles. The van der Waals surface area contributed by atoms with Crippen LogP contribution in [0.3, 0.4) is 0 Å². The maximum Gasteiger partial charge on any atom is 0.157 e. The van der Waals surface area contributed by atoms with E-state index in [2.05, 4.69) is 34.0 Å². The Hall–Kier alpha value is -1.03. The molecule has 5 heteroatoms. The van der Waals surface area contributed by atoms with Crippen LogP contribution in [0.15, 0.2) is 6.33 Å². The molecule has 0 bridgehead atoms. The Morgan fingerprint density at radius 3 is 2.78 bits per heavy atom. The van der Waals surface area contributed by atoms with Crippen LogP contribution in [0.2, 0.25) is 5.15 Å². The summed E-state index contributed by atoms with van der Waals surface area (Å²) in [4.78, 5) is 10.7. The van der Waals surface area contributed by atoms with Crippen LogP contribution in [0.1, 0.15) is 33.1 Å². The van der Waals surface area contributed by atoms with Crippen LogP contribution in [-0.4, -0.2) is 30.1 Å². The molecule has 0 radical (unpaired) electrons. The third-order valence-corrected chi connectivity index (χ3v) is 3.96. The first-order chi connectivity index (χ1) is 8.53. The van der Waals surface area contributed by atoms with Crippen molar-refractivity contribution in [3.05, 3.63) is 11.5 Å². The van der Waals surface area contributed by atoms with Crippen molar-refractivity contribution in [3.63, 3.8) is 0 Å². The number of anilines is 2. The maximum atomic E-state index is 6.11. The van der Waals surface area contributed by atoms with E-state index in [1.54, 1.807) is 0 Å². The van der Waals surface area contributed by atoms with Crippen LogP contribution >= 0.6 is 11.6 Å². The largest absolute Gasteiger partial charge is 0.383 e. The number of nitrogens with one attached hydrogen (secondary N) is 1. The van der Waals surface area contributed by atoms with E-state index in [0.29, 0.717) is 10.6 Å². The van der Waals surface area contributed by atoms with E-state index in [4.69, 9.17) is 11.6 Å². The Labute approximate surface area is 114 Å². The smallest absolute Gasteiger partial charge is 0.157 e. The van der Waals surface area contributed by atoms with Gasteiger partial charge in [0.1, 0.15) is 12.0 Å². The molecule has 18 heavy (non-hydrogen) atoms. The molecule has 0 amide bonds. The predicted molar refractivity (Wildman–Crippen MR) is 76.4 cm³/mol. The molecule has 4 nitrogen and oxygen atoms in total. The van der Waals surface area contributed by atoms with Crippen molar-refractivity contribution in [1.82, 2.24) is 9.97 Å². The average molecular weight is 269 g/mol. The molecule has 100 valence electrons. The number of hydrogen-bond donors (Lipinski definition) is 1. The Bertz CT molecular complexity index is 419. The normalized spacial score (nSPS) is 19.4. The summed E-state index contributed by atoms with van der Waals surface area (Å²) >= 11 is 6.11. The van der Waals surface area contributed by atoms with Crippen molar-refractivity contribution in [2.24, 2.45) is 5.41 Å². The molecule has 0 spiro atoms. The lowest BCUT2D eigenvalue weighted by Gasteiger charge is -2.25. The number of aromatic nitrogens is 2. The van der Waals surface area contributed by atoms with Crippen molar-refractivity contribution < 1.29 is 0 Å². The SMILES string of the molecule is CNc1c(Cl)ncnc1N1CCCC(C)(C)CC1. The van der Waals surface area contributed by atoms with Crippen molar-refractivity contribution in [2.45, 2.75) is 33.1 Å². The lowest BCUT2D eigenvalue weighted by Crippen LogP contribution is -2.27. The highest BCUT2D eigenvalue weighted by molar-refractivity contribution is 6.32. The molecule has 1 aromatic heterocycles. The van der Waals surface area contributed by atoms with Crippen LogP contribution in [0.5, 0.6) is 0 Å². The summed E-state index contributed by atoms with van der Waals surface area (Å²) in [5.41, 5.74) is 1.25. The number of nitrogens with zero attached hydrogens (tertiary/aromatic N) is 3. The Balaban J connectivity index is 2.24. The van der Waals surface area contributed by atoms with Gasteiger partial charge in [0, 0.05) is 20.1 Å². The van der Waals surface area contributed by atoms with Crippen LogP contribution < -0.4 is 10.2 Å². The number of halogens is 1. The quantitative estimate of drug-likeness (QED) is 0.837. The molecule has 0 saturated carbocycles. The standard InChI is InChI=1S/C13H21ClN4/c1-13(2)5-4-7-18(8-6-13)12-10(15-3)11(14)16-9-17-12/h9,15H,4-8H2,1-3H3. The molecule has 2 rings (SSSR count). The van der Waals surface area contributed by atoms with Crippen molar-refractivity contribution >= 4 is 23.1 Å². The Morgan fingerprint density at radius 2 is 2.06 bits per heavy atom. The number of rotatable bonds is 2. The van der Waals surface area contributed by atoms with E-state index >= 15 is 0 Å². The van der Waals surface area contributed by atoms with E-state index in [1.807, 2.05) is 7.05 Å². The first kappa shape index (κ1) is 13.4. The fourth-order valence-electron chi connectivity index (χ4n) is 2.45. The maximum absolute atomic E-state index is 6.11. The highest BCUT2D eigenvalue weighted by atomic mass is 35.5. The Morgan fingerprint density at radius 1 is 1.28 bits per heavy atom. The summed E-state index contributed by atoms with van der Waals surface area (Å²) in [6.07, 6.45) is 5.17. The molecule has 2 heterocycles. The Kier molecular flexibility index (Phi) is 3.95. The van der Waals surface area contributed by atoms with Crippen LogP contribution in [0, 0.1) is 5.41 Å². The van der Waals surface area contributed by atoms with Crippen molar-refractivity contribution in [2.75, 3.05) is 30.4 Å². The summed E-state index contributed by atoms with van der Waals surface area (Å²) < 4.78 is 0. The second-order valence-corrected chi connectivity index (χ2v) is 5.98. The highest BCUT2D eigenvalue weighted by Gasteiger charge is 2.25. The molecule has 1 aromatic rings. The predicted octanol–water partition coefficient (Wildman–Crippen LogP) is 3.19. The van der Waals surface area contributed by atoms with E-state index < -0.39 is 0 Å². The fourth-order valence-corrected chi connectivity index (χ4v) is 2.67. The first-order valence-corrected chi connectivity index (χ1v) is 6.84. The monoisotopic (exact) mass is 268 g/mol. The average Bonchev–Trinajstić information content (AvgIpc) is 2.50. The minimum atomic E-state index is 0.422. The van der Waals surface area contributed by atoms with Gasteiger partial charge in [0.25, 0.3) is 0 Å². The third-order valence-electron chi connectivity index (χ3n) is 3.67. The second-order valence-electron chi connectivity index (χ2n) is 5.62. The van der Waals surface area contributed by atoms with Gasteiger partial charge in [0.05, 0.1) is 0 Å². The molecule has 1 fully saturated rings. The van der Waals surface area contributed by atoms with Gasteiger partial charge in [-0.1, -0.05) is 25.4 Å². The van der Waals surface area contributed by atoms with Gasteiger partial charge in [-0.15, -0.1) is 0 Å². The molecule has 1 aliphatic rings. The summed E-state index contributed by atoms with van der Waals surface area (Å²) in [7, 11) is 1.86. The van der Waals surface area contributed by atoms with Crippen LogP contribution in [0.4, 0.5) is 11.5 Å². The van der Waals surface area contributed by atoms with E-state index in [-0.39, 0.29) is 0 Å². The van der Waals surface area contributed by atoms with Crippen molar-refractivity contribution in [1.29, 1.82) is 0 Å². The first-order valence-electron chi connectivity index (χ1n) is 6.47. The van der Waals surface area contributed by atoms with Gasteiger partial charge in [-0.25, -0.2) is 9.97 Å². The molecule has 1 N–H and O–H groups in total.